The molecule has 3 rings (SSSR count). The Kier molecular flexibility index (Phi) is 5.80. The second-order valence-corrected chi connectivity index (χ2v) is 6.62. The van der Waals surface area contributed by atoms with Crippen molar-refractivity contribution in [2.75, 3.05) is 0 Å². The van der Waals surface area contributed by atoms with Crippen molar-refractivity contribution in [1.29, 1.82) is 5.26 Å². The number of benzene rings is 2. The van der Waals surface area contributed by atoms with Gasteiger partial charge in [0.1, 0.15) is 11.6 Å². The normalized spacial score (nSPS) is 10.6. The summed E-state index contributed by atoms with van der Waals surface area (Å²) in [6.45, 7) is 0.112. The van der Waals surface area contributed by atoms with Gasteiger partial charge in [-0.15, -0.1) is 11.3 Å². The molecule has 0 aliphatic carbocycles. The molecule has 0 atom stereocenters. The van der Waals surface area contributed by atoms with Crippen molar-refractivity contribution < 1.29 is 9.53 Å². The van der Waals surface area contributed by atoms with Crippen molar-refractivity contribution in [2.24, 2.45) is 0 Å². The van der Waals surface area contributed by atoms with Gasteiger partial charge in [-0.25, -0.2) is 9.78 Å². The lowest BCUT2D eigenvalue weighted by Crippen LogP contribution is -2.00. The van der Waals surface area contributed by atoms with Crippen molar-refractivity contribution in [2.45, 2.75) is 6.61 Å². The minimum absolute atomic E-state index is 0.112. The number of carbonyl (C=O) groups excluding carboxylic acids is 1. The van der Waals surface area contributed by atoms with Crippen LogP contribution in [-0.4, -0.2) is 11.0 Å². The Morgan fingerprint density at radius 3 is 2.62 bits per heavy atom. The molecule has 0 saturated carbocycles. The van der Waals surface area contributed by atoms with Crippen LogP contribution in [0.2, 0.25) is 5.02 Å². The number of carbonyl (C=O) groups is 1. The Morgan fingerprint density at radius 2 is 1.92 bits per heavy atom. The van der Waals surface area contributed by atoms with E-state index in [1.165, 1.54) is 17.4 Å². The molecule has 0 aliphatic rings. The largest absolute Gasteiger partial charge is 0.456 e. The number of thiazole rings is 1. The van der Waals surface area contributed by atoms with E-state index in [0.29, 0.717) is 16.3 Å². The molecule has 4 nitrogen and oxygen atoms in total. The Bertz CT molecular complexity index is 970. The van der Waals surface area contributed by atoms with Gasteiger partial charge in [-0.1, -0.05) is 35.9 Å². The molecule has 0 saturated heterocycles. The quantitative estimate of drug-likeness (QED) is 0.456. The molecule has 0 fully saturated rings. The SMILES string of the molecule is N#Cc1ccc(/C=C/C(=O)OCc2csc(-c3ccc(Cl)cc3)n2)cc1. The number of halogens is 1. The summed E-state index contributed by atoms with van der Waals surface area (Å²) < 4.78 is 5.21. The molecule has 1 aromatic heterocycles. The van der Waals surface area contributed by atoms with E-state index in [1.807, 2.05) is 35.7 Å². The van der Waals surface area contributed by atoms with Gasteiger partial charge in [-0.05, 0) is 35.9 Å². The van der Waals surface area contributed by atoms with Crippen LogP contribution in [0.4, 0.5) is 0 Å². The molecule has 0 amide bonds. The highest BCUT2D eigenvalue weighted by molar-refractivity contribution is 7.13. The number of rotatable bonds is 5. The van der Waals surface area contributed by atoms with Crippen molar-refractivity contribution >= 4 is 35.0 Å². The lowest BCUT2D eigenvalue weighted by Gasteiger charge is -1.99. The topological polar surface area (TPSA) is 63.0 Å². The number of aromatic nitrogens is 1. The van der Waals surface area contributed by atoms with Gasteiger partial charge in [0.25, 0.3) is 0 Å². The first kappa shape index (κ1) is 17.9. The third-order valence-electron chi connectivity index (χ3n) is 3.46. The van der Waals surface area contributed by atoms with E-state index < -0.39 is 5.97 Å². The smallest absolute Gasteiger partial charge is 0.331 e. The number of nitriles is 1. The van der Waals surface area contributed by atoms with Crippen LogP contribution in [-0.2, 0) is 16.1 Å². The number of esters is 1. The highest BCUT2D eigenvalue weighted by Gasteiger charge is 2.06. The van der Waals surface area contributed by atoms with Gasteiger partial charge in [0, 0.05) is 22.0 Å². The maximum atomic E-state index is 11.8. The van der Waals surface area contributed by atoms with E-state index in [1.54, 1.807) is 30.3 Å². The van der Waals surface area contributed by atoms with E-state index in [0.717, 1.165) is 16.1 Å². The molecule has 128 valence electrons. The third kappa shape index (κ3) is 4.79. The van der Waals surface area contributed by atoms with E-state index in [4.69, 9.17) is 21.6 Å². The van der Waals surface area contributed by atoms with E-state index >= 15 is 0 Å². The molecule has 6 heteroatoms. The summed E-state index contributed by atoms with van der Waals surface area (Å²) in [4.78, 5) is 16.3. The molecular formula is C20H13ClN2O2S. The molecule has 0 spiro atoms. The van der Waals surface area contributed by atoms with Gasteiger partial charge in [0.15, 0.2) is 0 Å². The second kappa shape index (κ2) is 8.43. The van der Waals surface area contributed by atoms with Crippen LogP contribution in [0.25, 0.3) is 16.6 Å². The molecule has 26 heavy (non-hydrogen) atoms. The Morgan fingerprint density at radius 1 is 1.19 bits per heavy atom. The van der Waals surface area contributed by atoms with Crippen LogP contribution in [0, 0.1) is 11.3 Å². The summed E-state index contributed by atoms with van der Waals surface area (Å²) in [7, 11) is 0. The summed E-state index contributed by atoms with van der Waals surface area (Å²) >= 11 is 7.37. The van der Waals surface area contributed by atoms with Crippen molar-refractivity contribution in [3.8, 4) is 16.6 Å². The third-order valence-corrected chi connectivity index (χ3v) is 4.65. The van der Waals surface area contributed by atoms with E-state index in [9.17, 15) is 4.79 Å². The summed E-state index contributed by atoms with van der Waals surface area (Å²) in [6.07, 6.45) is 3.00. The molecule has 2 aromatic carbocycles. The van der Waals surface area contributed by atoms with Gasteiger partial charge in [0.05, 0.1) is 17.3 Å². The number of nitrogens with zero attached hydrogens (tertiary/aromatic N) is 2. The molecule has 0 radical (unpaired) electrons. The van der Waals surface area contributed by atoms with Gasteiger partial charge in [-0.3, -0.25) is 0 Å². The average Bonchev–Trinajstić information content (AvgIpc) is 3.14. The monoisotopic (exact) mass is 380 g/mol. The summed E-state index contributed by atoms with van der Waals surface area (Å²) in [5.74, 6) is -0.449. The number of hydrogen-bond acceptors (Lipinski definition) is 5. The number of hydrogen-bond donors (Lipinski definition) is 0. The summed E-state index contributed by atoms with van der Waals surface area (Å²) in [5.41, 5.74) is 3.06. The lowest BCUT2D eigenvalue weighted by atomic mass is 10.1. The van der Waals surface area contributed by atoms with Crippen molar-refractivity contribution in [1.82, 2.24) is 4.98 Å². The van der Waals surface area contributed by atoms with Crippen LogP contribution < -0.4 is 0 Å². The highest BCUT2D eigenvalue weighted by Crippen LogP contribution is 2.25. The first-order chi connectivity index (χ1) is 12.6. The van der Waals surface area contributed by atoms with Crippen LogP contribution >= 0.6 is 22.9 Å². The second-order valence-electron chi connectivity index (χ2n) is 5.33. The van der Waals surface area contributed by atoms with Crippen molar-refractivity contribution in [3.63, 3.8) is 0 Å². The highest BCUT2D eigenvalue weighted by atomic mass is 35.5. The lowest BCUT2D eigenvalue weighted by molar-refractivity contribution is -0.139. The van der Waals surface area contributed by atoms with Gasteiger partial charge >= 0.3 is 5.97 Å². The molecule has 0 unspecified atom stereocenters. The zero-order valence-corrected chi connectivity index (χ0v) is 15.1. The van der Waals surface area contributed by atoms with Crippen LogP contribution in [0.5, 0.6) is 0 Å². The van der Waals surface area contributed by atoms with Crippen LogP contribution in [0.15, 0.2) is 60.0 Å². The van der Waals surface area contributed by atoms with E-state index in [-0.39, 0.29) is 6.61 Å². The maximum Gasteiger partial charge on any atom is 0.331 e. The zero-order chi connectivity index (χ0) is 18.4. The fourth-order valence-corrected chi connectivity index (χ4v) is 3.06. The van der Waals surface area contributed by atoms with Gasteiger partial charge < -0.3 is 4.74 Å². The molecule has 1 heterocycles. The van der Waals surface area contributed by atoms with Crippen molar-refractivity contribution in [3.05, 3.63) is 81.8 Å². The molecule has 0 aliphatic heterocycles. The zero-order valence-electron chi connectivity index (χ0n) is 13.6. The molecule has 0 N–H and O–H groups in total. The molecule has 0 bridgehead atoms. The van der Waals surface area contributed by atoms with E-state index in [2.05, 4.69) is 4.98 Å². The first-order valence-electron chi connectivity index (χ1n) is 7.69. The molecule has 3 aromatic rings. The van der Waals surface area contributed by atoms with Crippen LogP contribution in [0.3, 0.4) is 0 Å². The minimum Gasteiger partial charge on any atom is -0.456 e. The Balaban J connectivity index is 1.55. The molecular weight excluding hydrogens is 368 g/mol. The van der Waals surface area contributed by atoms with Gasteiger partial charge in [0.2, 0.25) is 0 Å². The number of ether oxygens (including phenoxy) is 1. The Hall–Kier alpha value is -2.94. The Labute approximate surface area is 160 Å². The summed E-state index contributed by atoms with van der Waals surface area (Å²) in [6, 6.07) is 16.4. The van der Waals surface area contributed by atoms with Crippen LogP contribution in [0.1, 0.15) is 16.8 Å². The standard InChI is InChI=1S/C20H13ClN2O2S/c21-17-8-6-16(7-9-17)20-23-18(13-26-20)12-25-19(24)10-5-14-1-3-15(11-22)4-2-14/h1-10,13H,12H2/b10-5+. The van der Waals surface area contributed by atoms with Gasteiger partial charge in [-0.2, -0.15) is 5.26 Å². The average molecular weight is 381 g/mol. The first-order valence-corrected chi connectivity index (χ1v) is 8.95. The predicted molar refractivity (Wildman–Crippen MR) is 103 cm³/mol. The fraction of sp³-hybridized carbons (Fsp3) is 0.0500. The minimum atomic E-state index is -0.449. The predicted octanol–water partition coefficient (Wildman–Crippen LogP) is 5.09. The summed E-state index contributed by atoms with van der Waals surface area (Å²) in [5, 5.41) is 12.1. The maximum absolute atomic E-state index is 11.8. The fourth-order valence-electron chi connectivity index (χ4n) is 2.12.